The van der Waals surface area contributed by atoms with Crippen molar-refractivity contribution in [3.05, 3.63) is 77.6 Å². The molecule has 0 spiro atoms. The lowest BCUT2D eigenvalue weighted by atomic mass is 9.86. The molecule has 1 aromatic heterocycles. The number of hydrogen-bond donors (Lipinski definition) is 2. The molecule has 1 heterocycles. The molecule has 3 aromatic rings. The van der Waals surface area contributed by atoms with Gasteiger partial charge in [-0.25, -0.2) is 10.1 Å². The fourth-order valence-electron chi connectivity index (χ4n) is 2.83. The monoisotopic (exact) mass is 398 g/mol. The Kier molecular flexibility index (Phi) is 6.16. The molecule has 0 saturated heterocycles. The van der Waals surface area contributed by atoms with E-state index in [2.05, 4.69) is 26.8 Å². The number of benzene rings is 2. The molecule has 0 amide bonds. The van der Waals surface area contributed by atoms with Gasteiger partial charge in [0.15, 0.2) is 5.82 Å². The fourth-order valence-corrected chi connectivity index (χ4v) is 2.83. The number of hydrogen-bond acceptors (Lipinski definition) is 8. The Morgan fingerprint density at radius 2 is 1.53 bits per heavy atom. The van der Waals surface area contributed by atoms with E-state index in [-0.39, 0.29) is 11.7 Å². The number of rotatable bonds is 7. The third kappa shape index (κ3) is 4.16. The normalized spacial score (nSPS) is 13.0. The van der Waals surface area contributed by atoms with Crippen molar-refractivity contribution in [1.29, 1.82) is 10.5 Å². The van der Waals surface area contributed by atoms with Gasteiger partial charge in [-0.2, -0.15) is 15.6 Å². The van der Waals surface area contributed by atoms with Crippen molar-refractivity contribution in [3.8, 4) is 12.1 Å². The second kappa shape index (κ2) is 9.13. The van der Waals surface area contributed by atoms with E-state index in [1.165, 1.54) is 0 Å². The van der Waals surface area contributed by atoms with Crippen molar-refractivity contribution in [2.45, 2.75) is 18.8 Å². The van der Waals surface area contributed by atoms with Crippen LogP contribution in [0.4, 0.5) is 5.95 Å². The van der Waals surface area contributed by atoms with E-state index in [0.29, 0.717) is 17.0 Å². The second-order valence-electron chi connectivity index (χ2n) is 6.36. The number of carbonyl (C=O) groups is 1. The zero-order chi connectivity index (χ0) is 21.5. The van der Waals surface area contributed by atoms with Crippen LogP contribution in [0.2, 0.25) is 0 Å². The number of nitriles is 2. The Bertz CT molecular complexity index is 1140. The SMILES string of the molecule is Cc1nnc(N/N=C(/C(=O)[C@@H](C#N)c2ccccc2)[C@H](C#N)c2ccccc2)n1N. The largest absolute Gasteiger partial charge is 0.335 e. The van der Waals surface area contributed by atoms with E-state index in [1.807, 2.05) is 6.07 Å². The van der Waals surface area contributed by atoms with Gasteiger partial charge < -0.3 is 5.84 Å². The maximum Gasteiger partial charge on any atom is 0.263 e. The van der Waals surface area contributed by atoms with Crippen LogP contribution in [0, 0.1) is 29.6 Å². The van der Waals surface area contributed by atoms with E-state index < -0.39 is 17.6 Å². The number of nitrogen functional groups attached to an aromatic ring is 1. The molecule has 3 N–H and O–H groups in total. The van der Waals surface area contributed by atoms with Crippen LogP contribution >= 0.6 is 0 Å². The van der Waals surface area contributed by atoms with Crippen LogP contribution in [0.3, 0.4) is 0 Å². The number of anilines is 1. The quantitative estimate of drug-likeness (QED) is 0.352. The molecule has 0 radical (unpaired) electrons. The van der Waals surface area contributed by atoms with Gasteiger partial charge in [0, 0.05) is 0 Å². The number of aromatic nitrogens is 3. The van der Waals surface area contributed by atoms with Crippen LogP contribution in [-0.2, 0) is 4.79 Å². The minimum atomic E-state index is -1.12. The van der Waals surface area contributed by atoms with Crippen molar-refractivity contribution in [2.75, 3.05) is 11.3 Å². The summed E-state index contributed by atoms with van der Waals surface area (Å²) in [5.41, 5.74) is 3.56. The number of aryl methyl sites for hydroxylation is 1. The molecule has 9 nitrogen and oxygen atoms in total. The first-order valence-electron chi connectivity index (χ1n) is 9.00. The molecule has 0 unspecified atom stereocenters. The molecule has 30 heavy (non-hydrogen) atoms. The van der Waals surface area contributed by atoms with Gasteiger partial charge in [-0.05, 0) is 18.1 Å². The molecular weight excluding hydrogens is 380 g/mol. The molecule has 0 bridgehead atoms. The molecule has 0 aliphatic carbocycles. The number of nitrogens with one attached hydrogen (secondary N) is 1. The molecule has 148 valence electrons. The first kappa shape index (κ1) is 20.2. The van der Waals surface area contributed by atoms with E-state index in [0.717, 1.165) is 4.68 Å². The number of nitrogens with two attached hydrogens (primary N) is 1. The number of Topliss-reactive ketones (excluding diaryl/α,β-unsaturated/α-hetero) is 1. The van der Waals surface area contributed by atoms with Crippen LogP contribution in [0.5, 0.6) is 0 Å². The van der Waals surface area contributed by atoms with E-state index in [9.17, 15) is 15.3 Å². The summed E-state index contributed by atoms with van der Waals surface area (Å²) in [5, 5.41) is 31.3. The maximum atomic E-state index is 13.3. The summed E-state index contributed by atoms with van der Waals surface area (Å²) >= 11 is 0. The summed E-state index contributed by atoms with van der Waals surface area (Å²) in [6.07, 6.45) is 0. The number of nitrogens with zero attached hydrogens (tertiary/aromatic N) is 6. The lowest BCUT2D eigenvalue weighted by molar-refractivity contribution is -0.113. The molecule has 2 atom stereocenters. The first-order valence-corrected chi connectivity index (χ1v) is 9.00. The van der Waals surface area contributed by atoms with E-state index >= 15 is 0 Å². The summed E-state index contributed by atoms with van der Waals surface area (Å²) in [6, 6.07) is 21.5. The summed E-state index contributed by atoms with van der Waals surface area (Å²) in [4.78, 5) is 13.3. The molecule has 0 saturated carbocycles. The molecule has 2 aromatic carbocycles. The molecule has 9 heteroatoms. The smallest absolute Gasteiger partial charge is 0.263 e. The van der Waals surface area contributed by atoms with Gasteiger partial charge in [-0.1, -0.05) is 60.7 Å². The second-order valence-corrected chi connectivity index (χ2v) is 6.36. The zero-order valence-corrected chi connectivity index (χ0v) is 16.1. The van der Waals surface area contributed by atoms with E-state index in [4.69, 9.17) is 5.84 Å². The summed E-state index contributed by atoms with van der Waals surface area (Å²) < 4.78 is 1.16. The Morgan fingerprint density at radius 3 is 2.00 bits per heavy atom. The van der Waals surface area contributed by atoms with Gasteiger partial charge in [0.25, 0.3) is 5.95 Å². The topological polar surface area (TPSA) is 146 Å². The van der Waals surface area contributed by atoms with Crippen molar-refractivity contribution >= 4 is 17.4 Å². The predicted octanol–water partition coefficient (Wildman–Crippen LogP) is 2.25. The van der Waals surface area contributed by atoms with Crippen LogP contribution in [0.1, 0.15) is 28.8 Å². The van der Waals surface area contributed by atoms with Gasteiger partial charge in [0.2, 0.25) is 5.78 Å². The lowest BCUT2D eigenvalue weighted by Crippen LogP contribution is -2.28. The van der Waals surface area contributed by atoms with Gasteiger partial charge in [-0.3, -0.25) is 4.79 Å². The highest BCUT2D eigenvalue weighted by Crippen LogP contribution is 2.24. The third-order valence-corrected chi connectivity index (χ3v) is 4.45. The lowest BCUT2D eigenvalue weighted by Gasteiger charge is -2.15. The third-order valence-electron chi connectivity index (χ3n) is 4.45. The minimum absolute atomic E-state index is 0.0933. The molecule has 3 rings (SSSR count). The summed E-state index contributed by atoms with van der Waals surface area (Å²) in [7, 11) is 0. The highest BCUT2D eigenvalue weighted by atomic mass is 16.1. The molecule has 0 aliphatic heterocycles. The summed E-state index contributed by atoms with van der Waals surface area (Å²) in [6.45, 7) is 1.65. The van der Waals surface area contributed by atoms with Crippen molar-refractivity contribution in [1.82, 2.24) is 14.9 Å². The zero-order valence-electron chi connectivity index (χ0n) is 16.1. The Balaban J connectivity index is 2.05. The number of ketones is 1. The van der Waals surface area contributed by atoms with Crippen LogP contribution < -0.4 is 11.3 Å². The van der Waals surface area contributed by atoms with Crippen molar-refractivity contribution in [2.24, 2.45) is 5.10 Å². The average Bonchev–Trinajstić information content (AvgIpc) is 3.10. The van der Waals surface area contributed by atoms with Gasteiger partial charge in [-0.15, -0.1) is 10.2 Å². The van der Waals surface area contributed by atoms with Gasteiger partial charge in [0.1, 0.15) is 17.5 Å². The average molecular weight is 398 g/mol. The molecular formula is C21H18N8O. The summed E-state index contributed by atoms with van der Waals surface area (Å²) in [5.74, 6) is 3.63. The standard InChI is InChI=1S/C21H18N8O/c1-14-25-27-21(29(14)24)28-26-19(17(12-22)15-8-4-2-5-9-15)20(30)18(13-23)16-10-6-3-7-11-16/h2-11,17-18H,24H2,1H3,(H,27,28)/b26-19+/t17-,18+/m1/s1. The first-order chi connectivity index (χ1) is 14.6. The predicted molar refractivity (Wildman–Crippen MR) is 111 cm³/mol. The Hall–Kier alpha value is -4.50. The molecule has 0 fully saturated rings. The van der Waals surface area contributed by atoms with Gasteiger partial charge >= 0.3 is 0 Å². The fraction of sp³-hybridized carbons (Fsp3) is 0.143. The Labute approximate surface area is 173 Å². The minimum Gasteiger partial charge on any atom is -0.335 e. The number of hydrazone groups is 1. The van der Waals surface area contributed by atoms with E-state index in [1.54, 1.807) is 67.6 Å². The highest BCUT2D eigenvalue weighted by molar-refractivity contribution is 6.45. The van der Waals surface area contributed by atoms with Crippen molar-refractivity contribution in [3.63, 3.8) is 0 Å². The Morgan fingerprint density at radius 1 is 1.00 bits per heavy atom. The molecule has 0 aliphatic rings. The highest BCUT2D eigenvalue weighted by Gasteiger charge is 2.32. The van der Waals surface area contributed by atoms with Gasteiger partial charge in [0.05, 0.1) is 12.1 Å². The maximum absolute atomic E-state index is 13.3. The van der Waals surface area contributed by atoms with Crippen LogP contribution in [0.15, 0.2) is 65.8 Å². The van der Waals surface area contributed by atoms with Crippen LogP contribution in [-0.4, -0.2) is 26.4 Å². The van der Waals surface area contributed by atoms with Crippen LogP contribution in [0.25, 0.3) is 0 Å². The van der Waals surface area contributed by atoms with Crippen molar-refractivity contribution < 1.29 is 4.79 Å². The number of carbonyl (C=O) groups excluding carboxylic acids is 1.